The number of nitrogens with one attached hydrogen (secondary N) is 2. The summed E-state index contributed by atoms with van der Waals surface area (Å²) < 4.78 is 0. The van der Waals surface area contributed by atoms with Crippen molar-refractivity contribution in [2.75, 3.05) is 6.54 Å². The molecule has 0 aromatic heterocycles. The molecule has 4 aliphatic carbocycles. The van der Waals surface area contributed by atoms with Crippen LogP contribution in [0.25, 0.3) is 0 Å². The van der Waals surface area contributed by atoms with Crippen molar-refractivity contribution in [1.82, 2.24) is 10.6 Å². The third-order valence-corrected chi connectivity index (χ3v) is 6.32. The van der Waals surface area contributed by atoms with Gasteiger partial charge in [-0.2, -0.15) is 5.26 Å². The third-order valence-electron chi connectivity index (χ3n) is 6.32. The summed E-state index contributed by atoms with van der Waals surface area (Å²) in [7, 11) is 0. The molecular formula is C16H25N3O. The maximum absolute atomic E-state index is 12.1. The molecule has 0 spiro atoms. The maximum atomic E-state index is 12.1. The average molecular weight is 275 g/mol. The summed E-state index contributed by atoms with van der Waals surface area (Å²) in [6.45, 7) is 5.64. The lowest BCUT2D eigenvalue weighted by atomic mass is 9.45. The summed E-state index contributed by atoms with van der Waals surface area (Å²) in [5, 5.41) is 14.4. The van der Waals surface area contributed by atoms with Crippen LogP contribution in [0.4, 0.5) is 0 Å². The highest BCUT2D eigenvalue weighted by Gasteiger charge is 2.54. The number of nitriles is 1. The van der Waals surface area contributed by atoms with E-state index >= 15 is 0 Å². The number of carbonyl (C=O) groups excluding carboxylic acids is 1. The molecule has 3 atom stereocenters. The molecule has 4 fully saturated rings. The number of fused-ring (bicyclic) bond motifs is 2. The molecule has 2 unspecified atom stereocenters. The van der Waals surface area contributed by atoms with E-state index in [9.17, 15) is 4.79 Å². The van der Waals surface area contributed by atoms with E-state index in [0.717, 1.165) is 31.2 Å². The summed E-state index contributed by atoms with van der Waals surface area (Å²) in [6, 6.07) is 0.219. The van der Waals surface area contributed by atoms with Gasteiger partial charge in [-0.25, -0.2) is 0 Å². The van der Waals surface area contributed by atoms with Crippen molar-refractivity contribution in [3.63, 3.8) is 0 Å². The lowest BCUT2D eigenvalue weighted by Crippen LogP contribution is -2.55. The zero-order valence-electron chi connectivity index (χ0n) is 12.5. The minimum atomic E-state index is 0.117. The number of nitrogens with zero attached hydrogens (tertiary/aromatic N) is 1. The molecule has 4 heteroatoms. The molecule has 4 nitrogen and oxygen atoms in total. The van der Waals surface area contributed by atoms with Crippen molar-refractivity contribution in [2.24, 2.45) is 29.1 Å². The van der Waals surface area contributed by atoms with Gasteiger partial charge in [-0.3, -0.25) is 4.79 Å². The molecule has 0 saturated heterocycles. The van der Waals surface area contributed by atoms with Crippen LogP contribution in [-0.4, -0.2) is 18.5 Å². The van der Waals surface area contributed by atoms with Gasteiger partial charge in [0.05, 0.1) is 0 Å². The summed E-state index contributed by atoms with van der Waals surface area (Å²) in [5.74, 6) is 2.71. The summed E-state index contributed by atoms with van der Waals surface area (Å²) in [5.41, 5.74) is 0.492. The number of rotatable bonds is 4. The average Bonchev–Trinajstić information content (AvgIpc) is 2.39. The van der Waals surface area contributed by atoms with Gasteiger partial charge < -0.3 is 10.6 Å². The van der Waals surface area contributed by atoms with Crippen molar-refractivity contribution >= 4 is 5.91 Å². The van der Waals surface area contributed by atoms with Gasteiger partial charge in [0, 0.05) is 18.5 Å². The van der Waals surface area contributed by atoms with Gasteiger partial charge in [-0.05, 0) is 55.3 Å². The maximum Gasteiger partial charge on any atom is 0.223 e. The van der Waals surface area contributed by atoms with Crippen molar-refractivity contribution in [2.45, 2.75) is 52.0 Å². The normalized spacial score (nSPS) is 40.8. The van der Waals surface area contributed by atoms with Crippen LogP contribution in [0.2, 0.25) is 0 Å². The molecule has 20 heavy (non-hydrogen) atoms. The lowest BCUT2D eigenvalue weighted by molar-refractivity contribution is -0.131. The van der Waals surface area contributed by atoms with E-state index in [-0.39, 0.29) is 17.9 Å². The second kappa shape index (κ2) is 4.95. The fraction of sp³-hybridized carbons (Fsp3) is 0.875. The monoisotopic (exact) mass is 275 g/mol. The first kappa shape index (κ1) is 13.7. The van der Waals surface area contributed by atoms with Gasteiger partial charge in [0.25, 0.3) is 0 Å². The van der Waals surface area contributed by atoms with Gasteiger partial charge in [-0.15, -0.1) is 0 Å². The predicted octanol–water partition coefficient (Wildman–Crippen LogP) is 2.02. The molecule has 0 aromatic rings. The zero-order chi connectivity index (χ0) is 14.3. The number of carbonyl (C=O) groups is 1. The molecule has 0 radical (unpaired) electrons. The molecule has 110 valence electrons. The molecular weight excluding hydrogens is 250 g/mol. The number of amides is 1. The van der Waals surface area contributed by atoms with Crippen LogP contribution in [0.5, 0.6) is 0 Å². The largest absolute Gasteiger partial charge is 0.356 e. The number of hydrogen-bond donors (Lipinski definition) is 2. The molecule has 1 amide bonds. The smallest absolute Gasteiger partial charge is 0.223 e. The standard InChI is InChI=1S/C16H25N3O/c1-16(2)12-4-3-10(14(16)7-12)8-18-15(20)11-5-13(6-11)19-9-17/h10-14,19H,3-8H2,1-2H3,(H,18,20)/t10?,11?,12?,13?,14-/m1/s1. The van der Waals surface area contributed by atoms with E-state index < -0.39 is 0 Å². The highest BCUT2D eigenvalue weighted by atomic mass is 16.1. The minimum Gasteiger partial charge on any atom is -0.356 e. The topological polar surface area (TPSA) is 64.9 Å². The van der Waals surface area contributed by atoms with E-state index in [1.165, 1.54) is 19.3 Å². The van der Waals surface area contributed by atoms with Gasteiger partial charge in [-0.1, -0.05) is 13.8 Å². The van der Waals surface area contributed by atoms with Gasteiger partial charge >= 0.3 is 0 Å². The Balaban J connectivity index is 1.42. The summed E-state index contributed by atoms with van der Waals surface area (Å²) >= 11 is 0. The Bertz CT molecular complexity index is 431. The fourth-order valence-electron chi connectivity index (χ4n) is 4.62. The lowest BCUT2D eigenvalue weighted by Gasteiger charge is -2.60. The van der Waals surface area contributed by atoms with Crippen LogP contribution >= 0.6 is 0 Å². The van der Waals surface area contributed by atoms with Crippen LogP contribution in [0.1, 0.15) is 46.0 Å². The highest BCUT2D eigenvalue weighted by Crippen LogP contribution is 2.61. The van der Waals surface area contributed by atoms with Crippen LogP contribution in [-0.2, 0) is 4.79 Å². The first-order chi connectivity index (χ1) is 9.52. The van der Waals surface area contributed by atoms with Crippen LogP contribution in [0.15, 0.2) is 0 Å². The molecule has 2 N–H and O–H groups in total. The summed E-state index contributed by atoms with van der Waals surface area (Å²) in [6.07, 6.45) is 7.55. The Kier molecular flexibility index (Phi) is 3.40. The Morgan fingerprint density at radius 1 is 1.30 bits per heavy atom. The minimum absolute atomic E-state index is 0.117. The predicted molar refractivity (Wildman–Crippen MR) is 76.4 cm³/mol. The molecule has 4 aliphatic rings. The third kappa shape index (κ3) is 2.17. The van der Waals surface area contributed by atoms with E-state index in [1.807, 2.05) is 6.19 Å². The molecule has 0 aliphatic heterocycles. The molecule has 0 aromatic carbocycles. The first-order valence-corrected chi connectivity index (χ1v) is 7.94. The first-order valence-electron chi connectivity index (χ1n) is 7.94. The van der Waals surface area contributed by atoms with Crippen LogP contribution < -0.4 is 10.6 Å². The molecule has 2 bridgehead atoms. The Hall–Kier alpha value is -1.24. The molecule has 4 rings (SSSR count). The van der Waals surface area contributed by atoms with Crippen molar-refractivity contribution < 1.29 is 4.79 Å². The summed E-state index contributed by atoms with van der Waals surface area (Å²) in [4.78, 5) is 12.1. The van der Waals surface area contributed by atoms with Gasteiger partial charge in [0.15, 0.2) is 6.19 Å². The second-order valence-electron chi connectivity index (χ2n) is 7.56. The second-order valence-corrected chi connectivity index (χ2v) is 7.56. The number of hydrogen-bond acceptors (Lipinski definition) is 3. The van der Waals surface area contributed by atoms with Crippen molar-refractivity contribution in [1.29, 1.82) is 5.26 Å². The van der Waals surface area contributed by atoms with Crippen LogP contribution in [0.3, 0.4) is 0 Å². The highest BCUT2D eigenvalue weighted by molar-refractivity contribution is 5.79. The molecule has 0 heterocycles. The van der Waals surface area contributed by atoms with Crippen LogP contribution in [0, 0.1) is 40.5 Å². The quantitative estimate of drug-likeness (QED) is 0.609. The Morgan fingerprint density at radius 3 is 2.65 bits per heavy atom. The Morgan fingerprint density at radius 2 is 2.05 bits per heavy atom. The van der Waals surface area contributed by atoms with E-state index in [0.29, 0.717) is 11.3 Å². The van der Waals surface area contributed by atoms with E-state index in [1.54, 1.807) is 0 Å². The molecule has 4 saturated carbocycles. The van der Waals surface area contributed by atoms with E-state index in [2.05, 4.69) is 24.5 Å². The zero-order valence-corrected chi connectivity index (χ0v) is 12.5. The van der Waals surface area contributed by atoms with E-state index in [4.69, 9.17) is 5.26 Å². The Labute approximate surface area is 121 Å². The van der Waals surface area contributed by atoms with Crippen molar-refractivity contribution in [3.8, 4) is 6.19 Å². The van der Waals surface area contributed by atoms with Gasteiger partial charge in [0.2, 0.25) is 5.91 Å². The SMILES string of the molecule is CC1(C)C2CCC(CNC(=O)C3CC(NC#N)C3)[C@H]1C2. The fourth-order valence-corrected chi connectivity index (χ4v) is 4.62. The van der Waals surface area contributed by atoms with Crippen molar-refractivity contribution in [3.05, 3.63) is 0 Å². The van der Waals surface area contributed by atoms with Gasteiger partial charge in [0.1, 0.15) is 0 Å².